The highest BCUT2D eigenvalue weighted by molar-refractivity contribution is 6.22. The molecule has 0 bridgehead atoms. The predicted molar refractivity (Wildman–Crippen MR) is 97.2 cm³/mol. The number of rotatable bonds is 9. The smallest absolute Gasteiger partial charge is 0.338 e. The molecule has 0 N–H and O–H groups in total. The molecule has 1 unspecified atom stereocenters. The maximum Gasteiger partial charge on any atom is 0.338 e. The number of hydrogen-bond acceptors (Lipinski definition) is 6. The third-order valence-electron chi connectivity index (χ3n) is 3.91. The molecule has 7 nitrogen and oxygen atoms in total. The Morgan fingerprint density at radius 1 is 1.07 bits per heavy atom. The van der Waals surface area contributed by atoms with Crippen molar-refractivity contribution in [3.63, 3.8) is 0 Å². The van der Waals surface area contributed by atoms with Gasteiger partial charge in [0.2, 0.25) is 0 Å². The molecule has 142 valence electrons. The van der Waals surface area contributed by atoms with Crippen molar-refractivity contribution in [2.24, 2.45) is 5.92 Å². The van der Waals surface area contributed by atoms with Gasteiger partial charge in [0.25, 0.3) is 11.8 Å². The van der Waals surface area contributed by atoms with E-state index < -0.39 is 23.8 Å². The highest BCUT2D eigenvalue weighted by Crippen LogP contribution is 2.25. The van der Waals surface area contributed by atoms with Crippen LogP contribution in [-0.2, 0) is 14.3 Å². The molecule has 0 spiro atoms. The van der Waals surface area contributed by atoms with E-state index in [0.29, 0.717) is 0 Å². The topological polar surface area (TPSA) is 90.0 Å². The fraction of sp³-hybridized carbons (Fsp3) is 0.300. The molecule has 1 atom stereocenters. The van der Waals surface area contributed by atoms with Gasteiger partial charge in [0.05, 0.1) is 16.7 Å². The Labute approximate surface area is 157 Å². The maximum atomic E-state index is 12.6. The Hall–Kier alpha value is -3.22. The predicted octanol–water partition coefficient (Wildman–Crippen LogP) is 2.38. The van der Waals surface area contributed by atoms with E-state index in [4.69, 9.17) is 9.47 Å². The van der Waals surface area contributed by atoms with Crippen LogP contribution >= 0.6 is 0 Å². The summed E-state index contributed by atoms with van der Waals surface area (Å²) in [6, 6.07) is 4.22. The van der Waals surface area contributed by atoms with Crippen LogP contribution in [-0.4, -0.2) is 48.4 Å². The molecule has 1 aromatic carbocycles. The molecule has 1 aromatic rings. The van der Waals surface area contributed by atoms with Gasteiger partial charge in [0.15, 0.2) is 0 Å². The van der Waals surface area contributed by atoms with E-state index in [1.807, 2.05) is 0 Å². The van der Waals surface area contributed by atoms with Gasteiger partial charge in [-0.1, -0.05) is 32.2 Å². The van der Waals surface area contributed by atoms with Crippen LogP contribution < -0.4 is 0 Å². The zero-order valence-electron chi connectivity index (χ0n) is 15.1. The number of ether oxygens (including phenoxy) is 2. The van der Waals surface area contributed by atoms with Crippen LogP contribution in [0.4, 0.5) is 0 Å². The third-order valence-corrected chi connectivity index (χ3v) is 3.91. The summed E-state index contributed by atoms with van der Waals surface area (Å²) in [5.41, 5.74) is 0.552. The molecule has 2 amide bonds. The van der Waals surface area contributed by atoms with Gasteiger partial charge in [-0.05, 0) is 24.1 Å². The number of carbonyl (C=O) groups is 4. The second kappa shape index (κ2) is 8.93. The van der Waals surface area contributed by atoms with Crippen LogP contribution in [0.2, 0.25) is 0 Å². The summed E-state index contributed by atoms with van der Waals surface area (Å²) < 4.78 is 9.85. The number of imide groups is 1. The Morgan fingerprint density at radius 2 is 1.70 bits per heavy atom. The van der Waals surface area contributed by atoms with E-state index in [1.165, 1.54) is 30.4 Å². The van der Waals surface area contributed by atoms with Crippen molar-refractivity contribution < 1.29 is 28.7 Å². The van der Waals surface area contributed by atoms with Gasteiger partial charge in [-0.2, -0.15) is 0 Å². The van der Waals surface area contributed by atoms with Gasteiger partial charge < -0.3 is 9.47 Å². The lowest BCUT2D eigenvalue weighted by atomic mass is 10.1. The quantitative estimate of drug-likeness (QED) is 0.376. The SMILES string of the molecule is C=CCOC(=O)CC(C)CN1C(=O)c2ccc(C(=O)OCC=C)cc2C1=O. The van der Waals surface area contributed by atoms with Crippen molar-refractivity contribution in [1.29, 1.82) is 0 Å². The third kappa shape index (κ3) is 4.69. The first-order chi connectivity index (χ1) is 12.9. The summed E-state index contributed by atoms with van der Waals surface area (Å²) in [4.78, 5) is 49.8. The van der Waals surface area contributed by atoms with E-state index in [1.54, 1.807) is 6.92 Å². The molecule has 0 fully saturated rings. The lowest BCUT2D eigenvalue weighted by Crippen LogP contribution is -2.34. The van der Waals surface area contributed by atoms with E-state index in [9.17, 15) is 19.2 Å². The molecule has 0 saturated heterocycles. The molecule has 1 heterocycles. The number of esters is 2. The first kappa shape index (κ1) is 20.1. The molecule has 1 aliphatic rings. The summed E-state index contributed by atoms with van der Waals surface area (Å²) in [7, 11) is 0. The van der Waals surface area contributed by atoms with E-state index in [-0.39, 0.29) is 48.8 Å². The monoisotopic (exact) mass is 371 g/mol. The lowest BCUT2D eigenvalue weighted by Gasteiger charge is -2.18. The van der Waals surface area contributed by atoms with Crippen molar-refractivity contribution in [3.05, 3.63) is 60.2 Å². The molecular weight excluding hydrogens is 350 g/mol. The Morgan fingerprint density at radius 3 is 2.37 bits per heavy atom. The van der Waals surface area contributed by atoms with Gasteiger partial charge in [0.1, 0.15) is 13.2 Å². The van der Waals surface area contributed by atoms with Gasteiger partial charge >= 0.3 is 11.9 Å². The van der Waals surface area contributed by atoms with Crippen LogP contribution in [0.5, 0.6) is 0 Å². The van der Waals surface area contributed by atoms with Crippen molar-refractivity contribution in [1.82, 2.24) is 4.90 Å². The van der Waals surface area contributed by atoms with Crippen LogP contribution in [0.15, 0.2) is 43.5 Å². The second-order valence-corrected chi connectivity index (χ2v) is 6.15. The molecule has 7 heteroatoms. The number of hydrogen-bond donors (Lipinski definition) is 0. The van der Waals surface area contributed by atoms with Crippen molar-refractivity contribution in [2.45, 2.75) is 13.3 Å². The van der Waals surface area contributed by atoms with E-state index >= 15 is 0 Å². The van der Waals surface area contributed by atoms with Crippen LogP contribution in [0.3, 0.4) is 0 Å². The number of benzene rings is 1. The van der Waals surface area contributed by atoms with Crippen LogP contribution in [0.1, 0.15) is 44.4 Å². The number of nitrogens with zero attached hydrogens (tertiary/aromatic N) is 1. The molecule has 0 saturated carbocycles. The number of fused-ring (bicyclic) bond motifs is 1. The first-order valence-electron chi connectivity index (χ1n) is 8.43. The molecule has 1 aliphatic heterocycles. The largest absolute Gasteiger partial charge is 0.461 e. The second-order valence-electron chi connectivity index (χ2n) is 6.15. The number of amides is 2. The minimum Gasteiger partial charge on any atom is -0.461 e. The van der Waals surface area contributed by atoms with Crippen molar-refractivity contribution >= 4 is 23.8 Å². The molecule has 27 heavy (non-hydrogen) atoms. The number of carbonyl (C=O) groups excluding carboxylic acids is 4. The maximum absolute atomic E-state index is 12.6. The molecule has 0 aliphatic carbocycles. The summed E-state index contributed by atoms with van der Waals surface area (Å²) in [6.45, 7) is 8.91. The summed E-state index contributed by atoms with van der Waals surface area (Å²) >= 11 is 0. The first-order valence-corrected chi connectivity index (χ1v) is 8.43. The Bertz CT molecular complexity index is 798. The van der Waals surface area contributed by atoms with Gasteiger partial charge in [0, 0.05) is 13.0 Å². The normalized spacial score (nSPS) is 13.7. The lowest BCUT2D eigenvalue weighted by molar-refractivity contribution is -0.143. The zero-order chi connectivity index (χ0) is 20.0. The van der Waals surface area contributed by atoms with E-state index in [0.717, 1.165) is 4.90 Å². The summed E-state index contributed by atoms with van der Waals surface area (Å²) in [6.07, 6.45) is 2.97. The zero-order valence-corrected chi connectivity index (χ0v) is 15.1. The highest BCUT2D eigenvalue weighted by atomic mass is 16.5. The van der Waals surface area contributed by atoms with Gasteiger partial charge in [-0.15, -0.1) is 0 Å². The fourth-order valence-corrected chi connectivity index (χ4v) is 2.67. The standard InChI is InChI=1S/C20H21NO6/c1-4-8-26-17(22)10-13(3)12-21-18(23)15-7-6-14(11-16(15)19(21)24)20(25)27-9-5-2/h4-7,11,13H,1-2,8-10,12H2,3H3. The van der Waals surface area contributed by atoms with Crippen molar-refractivity contribution in [3.8, 4) is 0 Å². The van der Waals surface area contributed by atoms with Crippen LogP contribution in [0.25, 0.3) is 0 Å². The average Bonchev–Trinajstić information content (AvgIpc) is 2.88. The average molecular weight is 371 g/mol. The molecule has 0 radical (unpaired) electrons. The summed E-state index contributed by atoms with van der Waals surface area (Å²) in [5.74, 6) is -2.26. The molecule has 0 aromatic heterocycles. The highest BCUT2D eigenvalue weighted by Gasteiger charge is 2.37. The fourth-order valence-electron chi connectivity index (χ4n) is 2.67. The summed E-state index contributed by atoms with van der Waals surface area (Å²) in [5, 5.41) is 0. The molecule has 2 rings (SSSR count). The Balaban J connectivity index is 2.08. The minimum absolute atomic E-state index is 0.0500. The molecular formula is C20H21NO6. The van der Waals surface area contributed by atoms with Gasteiger partial charge in [-0.25, -0.2) is 4.79 Å². The van der Waals surface area contributed by atoms with Gasteiger partial charge in [-0.3, -0.25) is 19.3 Å². The minimum atomic E-state index is -0.602. The van der Waals surface area contributed by atoms with Crippen LogP contribution in [0, 0.1) is 5.92 Å². The van der Waals surface area contributed by atoms with E-state index in [2.05, 4.69) is 13.2 Å². The van der Waals surface area contributed by atoms with Crippen molar-refractivity contribution in [2.75, 3.05) is 19.8 Å². The Kier molecular flexibility index (Phi) is 6.65.